The average Bonchev–Trinajstić information content (AvgIpc) is 2.39. The van der Waals surface area contributed by atoms with E-state index in [1.54, 1.807) is 6.07 Å². The molecule has 5 nitrogen and oxygen atoms in total. The average molecular weight is 328 g/mol. The summed E-state index contributed by atoms with van der Waals surface area (Å²) < 4.78 is 0.726. The fraction of sp³-hybridized carbons (Fsp3) is 0.538. The van der Waals surface area contributed by atoms with Gasteiger partial charge in [-0.2, -0.15) is 0 Å². The predicted molar refractivity (Wildman–Crippen MR) is 79.5 cm³/mol. The summed E-state index contributed by atoms with van der Waals surface area (Å²) >= 11 is 3.26. The van der Waals surface area contributed by atoms with Crippen molar-refractivity contribution in [3.05, 3.63) is 32.8 Å². The summed E-state index contributed by atoms with van der Waals surface area (Å²) in [7, 11) is 2.13. The molecule has 0 spiro atoms. The molecule has 1 aliphatic heterocycles. The number of likely N-dealkylation sites (tertiary alicyclic amines) is 1. The van der Waals surface area contributed by atoms with E-state index < -0.39 is 0 Å². The quantitative estimate of drug-likeness (QED) is 0.681. The molecule has 2 rings (SSSR count). The van der Waals surface area contributed by atoms with E-state index >= 15 is 0 Å². The Hall–Kier alpha value is -1.14. The molecular formula is C13H18BrN3O2. The third-order valence-corrected chi connectivity index (χ3v) is 4.07. The summed E-state index contributed by atoms with van der Waals surface area (Å²) in [6.45, 7) is 3.01. The van der Waals surface area contributed by atoms with Crippen LogP contribution in [0.5, 0.6) is 0 Å². The Labute approximate surface area is 121 Å². The van der Waals surface area contributed by atoms with E-state index in [4.69, 9.17) is 0 Å². The molecule has 1 aliphatic rings. The fourth-order valence-electron chi connectivity index (χ4n) is 2.33. The lowest BCUT2D eigenvalue weighted by atomic mass is 9.97. The minimum atomic E-state index is -0.345. The number of nitrogens with zero attached hydrogens (tertiary/aromatic N) is 2. The van der Waals surface area contributed by atoms with Crippen molar-refractivity contribution in [3.63, 3.8) is 0 Å². The highest BCUT2D eigenvalue weighted by atomic mass is 79.9. The van der Waals surface area contributed by atoms with Crippen molar-refractivity contribution in [2.45, 2.75) is 12.8 Å². The molecule has 104 valence electrons. The third kappa shape index (κ3) is 3.91. The van der Waals surface area contributed by atoms with Crippen LogP contribution < -0.4 is 5.32 Å². The van der Waals surface area contributed by atoms with E-state index in [0.29, 0.717) is 11.6 Å². The predicted octanol–water partition coefficient (Wildman–Crippen LogP) is 3.11. The second-order valence-electron chi connectivity index (χ2n) is 5.05. The van der Waals surface area contributed by atoms with E-state index in [9.17, 15) is 10.1 Å². The largest absolute Gasteiger partial charge is 0.379 e. The Morgan fingerprint density at radius 1 is 1.47 bits per heavy atom. The lowest BCUT2D eigenvalue weighted by molar-refractivity contribution is -0.384. The minimum absolute atomic E-state index is 0.127. The van der Waals surface area contributed by atoms with Crippen LogP contribution in [-0.2, 0) is 0 Å². The number of anilines is 1. The van der Waals surface area contributed by atoms with Crippen LogP contribution in [0.15, 0.2) is 22.7 Å². The van der Waals surface area contributed by atoms with Gasteiger partial charge in [0.1, 0.15) is 5.69 Å². The van der Waals surface area contributed by atoms with Gasteiger partial charge in [-0.1, -0.05) is 15.9 Å². The van der Waals surface area contributed by atoms with Crippen LogP contribution in [0.25, 0.3) is 0 Å². The molecule has 6 heteroatoms. The first-order valence-electron chi connectivity index (χ1n) is 6.42. The van der Waals surface area contributed by atoms with Crippen LogP contribution in [0, 0.1) is 16.0 Å². The van der Waals surface area contributed by atoms with Gasteiger partial charge < -0.3 is 10.2 Å². The maximum absolute atomic E-state index is 11.0. The molecule has 1 heterocycles. The molecule has 1 aromatic rings. The van der Waals surface area contributed by atoms with E-state index in [0.717, 1.165) is 36.9 Å². The molecule has 1 aromatic carbocycles. The number of hydrogen-bond donors (Lipinski definition) is 1. The van der Waals surface area contributed by atoms with Crippen molar-refractivity contribution in [1.82, 2.24) is 4.90 Å². The highest BCUT2D eigenvalue weighted by Crippen LogP contribution is 2.28. The first kappa shape index (κ1) is 14.3. The summed E-state index contributed by atoms with van der Waals surface area (Å²) in [5.74, 6) is 0.597. The van der Waals surface area contributed by atoms with Crippen molar-refractivity contribution in [2.24, 2.45) is 5.92 Å². The van der Waals surface area contributed by atoms with Crippen LogP contribution in [0.4, 0.5) is 11.4 Å². The molecular weight excluding hydrogens is 310 g/mol. The number of piperidine rings is 1. The van der Waals surface area contributed by atoms with Gasteiger partial charge in [0.15, 0.2) is 0 Å². The number of nitro benzene ring substituents is 1. The zero-order chi connectivity index (χ0) is 13.8. The van der Waals surface area contributed by atoms with Crippen LogP contribution in [0.3, 0.4) is 0 Å². The summed E-state index contributed by atoms with van der Waals surface area (Å²) in [4.78, 5) is 13.0. The molecule has 1 N–H and O–H groups in total. The molecule has 0 atom stereocenters. The number of hydrogen-bond acceptors (Lipinski definition) is 4. The van der Waals surface area contributed by atoms with Gasteiger partial charge in [-0.25, -0.2) is 0 Å². The molecule has 0 amide bonds. The number of nitro groups is 1. The van der Waals surface area contributed by atoms with Gasteiger partial charge in [0.2, 0.25) is 0 Å². The lowest BCUT2D eigenvalue weighted by Gasteiger charge is -2.29. The Balaban J connectivity index is 1.97. The highest BCUT2D eigenvalue weighted by molar-refractivity contribution is 9.10. The van der Waals surface area contributed by atoms with E-state index in [2.05, 4.69) is 33.2 Å². The van der Waals surface area contributed by atoms with E-state index in [-0.39, 0.29) is 10.6 Å². The highest BCUT2D eigenvalue weighted by Gasteiger charge is 2.19. The first-order chi connectivity index (χ1) is 9.06. The third-order valence-electron chi connectivity index (χ3n) is 3.58. The number of halogens is 1. The Morgan fingerprint density at radius 2 is 2.16 bits per heavy atom. The maximum atomic E-state index is 11.0. The first-order valence-corrected chi connectivity index (χ1v) is 7.22. The Bertz CT molecular complexity index is 459. The van der Waals surface area contributed by atoms with Gasteiger partial charge in [-0.15, -0.1) is 0 Å². The molecule has 1 saturated heterocycles. The SMILES string of the molecule is CN1CCC(CNc2ccc(Br)cc2[N+](=O)[O-])CC1. The monoisotopic (exact) mass is 327 g/mol. The van der Waals surface area contributed by atoms with Gasteiger partial charge in [-0.3, -0.25) is 10.1 Å². The lowest BCUT2D eigenvalue weighted by Crippen LogP contribution is -2.33. The molecule has 0 bridgehead atoms. The summed E-state index contributed by atoms with van der Waals surface area (Å²) in [6.07, 6.45) is 2.29. The second-order valence-corrected chi connectivity index (χ2v) is 5.96. The summed E-state index contributed by atoms with van der Waals surface area (Å²) in [5, 5.41) is 14.2. The topological polar surface area (TPSA) is 58.4 Å². The van der Waals surface area contributed by atoms with Crippen LogP contribution in [-0.4, -0.2) is 36.5 Å². The van der Waals surface area contributed by atoms with Crippen molar-refractivity contribution in [1.29, 1.82) is 0 Å². The van der Waals surface area contributed by atoms with Crippen LogP contribution in [0.2, 0.25) is 0 Å². The summed E-state index contributed by atoms with van der Waals surface area (Å²) in [5.41, 5.74) is 0.731. The second kappa shape index (κ2) is 6.34. The zero-order valence-electron chi connectivity index (χ0n) is 10.9. The normalized spacial score (nSPS) is 17.4. The molecule has 1 fully saturated rings. The van der Waals surface area contributed by atoms with Crippen molar-refractivity contribution in [3.8, 4) is 0 Å². The van der Waals surface area contributed by atoms with Crippen molar-refractivity contribution < 1.29 is 4.92 Å². The van der Waals surface area contributed by atoms with Gasteiger partial charge >= 0.3 is 0 Å². The molecule has 19 heavy (non-hydrogen) atoms. The Kier molecular flexibility index (Phi) is 4.76. The Morgan fingerprint density at radius 3 is 2.79 bits per heavy atom. The molecule has 0 saturated carbocycles. The molecule has 0 aliphatic carbocycles. The fourth-order valence-corrected chi connectivity index (χ4v) is 2.67. The van der Waals surface area contributed by atoms with Crippen molar-refractivity contribution >= 4 is 27.3 Å². The van der Waals surface area contributed by atoms with Gasteiger partial charge in [-0.05, 0) is 51.0 Å². The van der Waals surface area contributed by atoms with E-state index in [1.807, 2.05) is 6.07 Å². The van der Waals surface area contributed by atoms with Crippen LogP contribution >= 0.6 is 15.9 Å². The van der Waals surface area contributed by atoms with Gasteiger partial charge in [0.05, 0.1) is 4.92 Å². The standard InChI is InChI=1S/C13H18BrN3O2/c1-16-6-4-10(5-7-16)9-15-12-3-2-11(14)8-13(12)17(18)19/h2-3,8,10,15H,4-7,9H2,1H3. The molecule has 0 aromatic heterocycles. The minimum Gasteiger partial charge on any atom is -0.379 e. The smallest absolute Gasteiger partial charge is 0.293 e. The molecule has 0 unspecified atom stereocenters. The number of benzene rings is 1. The molecule has 0 radical (unpaired) electrons. The maximum Gasteiger partial charge on any atom is 0.293 e. The zero-order valence-corrected chi connectivity index (χ0v) is 12.5. The van der Waals surface area contributed by atoms with Gasteiger partial charge in [0, 0.05) is 17.1 Å². The number of rotatable bonds is 4. The number of nitrogens with one attached hydrogen (secondary N) is 1. The van der Waals surface area contributed by atoms with Crippen molar-refractivity contribution in [2.75, 3.05) is 32.0 Å². The van der Waals surface area contributed by atoms with Crippen LogP contribution in [0.1, 0.15) is 12.8 Å². The summed E-state index contributed by atoms with van der Waals surface area (Å²) in [6, 6.07) is 5.12. The van der Waals surface area contributed by atoms with E-state index in [1.165, 1.54) is 6.07 Å². The van der Waals surface area contributed by atoms with Gasteiger partial charge in [0.25, 0.3) is 5.69 Å².